The molecule has 6 heteroatoms. The molecule has 3 aromatic rings. The van der Waals surface area contributed by atoms with Gasteiger partial charge in [-0.1, -0.05) is 0 Å². The zero-order chi connectivity index (χ0) is 13.9. The highest BCUT2D eigenvalue weighted by atomic mass is 16.3. The smallest absolute Gasteiger partial charge is 0.248 e. The second-order valence-corrected chi connectivity index (χ2v) is 4.27. The summed E-state index contributed by atoms with van der Waals surface area (Å²) in [5.74, 6) is 0.364. The maximum Gasteiger partial charge on any atom is 0.248 e. The van der Waals surface area contributed by atoms with E-state index in [0.29, 0.717) is 11.4 Å². The molecule has 0 radical (unpaired) electrons. The maximum atomic E-state index is 11.8. The second-order valence-electron chi connectivity index (χ2n) is 4.27. The molecule has 6 nitrogen and oxygen atoms in total. The lowest BCUT2D eigenvalue weighted by molar-refractivity contribution is -0.111. The molecule has 1 amide bonds. The van der Waals surface area contributed by atoms with E-state index < -0.39 is 0 Å². The van der Waals surface area contributed by atoms with Crippen LogP contribution in [0.15, 0.2) is 47.3 Å². The highest BCUT2D eigenvalue weighted by molar-refractivity contribution is 6.01. The number of carbonyl (C=O) groups excluding carboxylic acids is 1. The zero-order valence-corrected chi connectivity index (χ0v) is 10.8. The number of nitrogens with one attached hydrogen (secondary N) is 1. The Hall–Kier alpha value is -2.89. The lowest BCUT2D eigenvalue weighted by Gasteiger charge is -2.01. The normalized spacial score (nSPS) is 11.2. The number of aromatic nitrogens is 3. The second kappa shape index (κ2) is 5.00. The van der Waals surface area contributed by atoms with Crippen LogP contribution in [0.1, 0.15) is 11.5 Å². The molecular formula is C14H12N4O2. The van der Waals surface area contributed by atoms with Gasteiger partial charge in [0.1, 0.15) is 5.76 Å². The highest BCUT2D eigenvalue weighted by Gasteiger charge is 2.03. The van der Waals surface area contributed by atoms with E-state index in [1.807, 2.05) is 13.0 Å². The van der Waals surface area contributed by atoms with Crippen LogP contribution in [0.5, 0.6) is 0 Å². The molecule has 0 aliphatic heterocycles. The molecule has 0 aliphatic carbocycles. The van der Waals surface area contributed by atoms with Gasteiger partial charge in [-0.25, -0.2) is 9.50 Å². The van der Waals surface area contributed by atoms with E-state index >= 15 is 0 Å². The third-order valence-corrected chi connectivity index (χ3v) is 2.65. The highest BCUT2D eigenvalue weighted by Crippen LogP contribution is 2.09. The van der Waals surface area contributed by atoms with Gasteiger partial charge in [0, 0.05) is 12.1 Å². The van der Waals surface area contributed by atoms with Crippen molar-refractivity contribution in [3.63, 3.8) is 0 Å². The van der Waals surface area contributed by atoms with Crippen molar-refractivity contribution < 1.29 is 9.21 Å². The van der Waals surface area contributed by atoms with Crippen LogP contribution in [0.4, 0.5) is 5.69 Å². The van der Waals surface area contributed by atoms with Gasteiger partial charge < -0.3 is 9.73 Å². The molecule has 0 atom stereocenters. The van der Waals surface area contributed by atoms with E-state index in [-0.39, 0.29) is 5.91 Å². The molecular weight excluding hydrogens is 256 g/mol. The van der Waals surface area contributed by atoms with Crippen LogP contribution in [-0.2, 0) is 4.79 Å². The number of hydrogen-bond acceptors (Lipinski definition) is 4. The van der Waals surface area contributed by atoms with Crippen molar-refractivity contribution in [3.05, 3.63) is 54.4 Å². The Morgan fingerprint density at radius 3 is 3.20 bits per heavy atom. The van der Waals surface area contributed by atoms with E-state index in [2.05, 4.69) is 15.4 Å². The molecule has 1 N–H and O–H groups in total. The summed E-state index contributed by atoms with van der Waals surface area (Å²) in [4.78, 5) is 16.0. The van der Waals surface area contributed by atoms with Crippen molar-refractivity contribution >= 4 is 23.3 Å². The topological polar surface area (TPSA) is 72.4 Å². The van der Waals surface area contributed by atoms with Crippen LogP contribution < -0.4 is 5.32 Å². The first kappa shape index (κ1) is 12.2. The number of aryl methyl sites for hydroxylation is 1. The Labute approximate surface area is 114 Å². The molecule has 3 aromatic heterocycles. The average Bonchev–Trinajstić information content (AvgIpc) is 3.04. The number of fused-ring (bicyclic) bond motifs is 1. The van der Waals surface area contributed by atoms with Crippen LogP contribution in [-0.4, -0.2) is 20.5 Å². The fourth-order valence-corrected chi connectivity index (χ4v) is 1.79. The minimum atomic E-state index is -0.258. The van der Waals surface area contributed by atoms with Gasteiger partial charge in [0.2, 0.25) is 5.91 Å². The van der Waals surface area contributed by atoms with Crippen molar-refractivity contribution in [1.82, 2.24) is 14.6 Å². The first-order valence-electron chi connectivity index (χ1n) is 6.05. The van der Waals surface area contributed by atoms with E-state index in [9.17, 15) is 4.79 Å². The molecule has 0 fully saturated rings. The third-order valence-electron chi connectivity index (χ3n) is 2.65. The number of furan rings is 1. The number of amides is 1. The molecule has 0 aliphatic rings. The van der Waals surface area contributed by atoms with Crippen LogP contribution in [0.2, 0.25) is 0 Å². The Bertz CT molecular complexity index is 772. The van der Waals surface area contributed by atoms with Crippen molar-refractivity contribution in [2.24, 2.45) is 0 Å². The van der Waals surface area contributed by atoms with Gasteiger partial charge in [0.05, 0.1) is 30.0 Å². The molecule has 0 spiro atoms. The largest absolute Gasteiger partial charge is 0.465 e. The van der Waals surface area contributed by atoms with E-state index in [4.69, 9.17) is 4.42 Å². The molecule has 100 valence electrons. The van der Waals surface area contributed by atoms with Gasteiger partial charge in [0.15, 0.2) is 5.65 Å². The predicted octanol–water partition coefficient (Wildman–Crippen LogP) is 2.28. The number of anilines is 1. The van der Waals surface area contributed by atoms with Crippen LogP contribution in [0.3, 0.4) is 0 Å². The summed E-state index contributed by atoms with van der Waals surface area (Å²) in [7, 11) is 0. The van der Waals surface area contributed by atoms with Crippen molar-refractivity contribution in [2.75, 3.05) is 5.32 Å². The number of hydrogen-bond donors (Lipinski definition) is 1. The molecule has 0 saturated carbocycles. The van der Waals surface area contributed by atoms with Crippen molar-refractivity contribution in [1.29, 1.82) is 0 Å². The van der Waals surface area contributed by atoms with E-state index in [1.165, 1.54) is 6.08 Å². The van der Waals surface area contributed by atoms with E-state index in [1.54, 1.807) is 41.4 Å². The van der Waals surface area contributed by atoms with Crippen LogP contribution in [0.25, 0.3) is 11.7 Å². The summed E-state index contributed by atoms with van der Waals surface area (Å²) in [5.41, 5.74) is 2.19. The molecule has 0 unspecified atom stereocenters. The average molecular weight is 268 g/mol. The summed E-state index contributed by atoms with van der Waals surface area (Å²) in [6.45, 7) is 1.89. The quantitative estimate of drug-likeness (QED) is 0.740. The molecule has 3 heterocycles. The summed E-state index contributed by atoms with van der Waals surface area (Å²) in [6, 6.07) is 5.39. The first-order chi connectivity index (χ1) is 9.70. The van der Waals surface area contributed by atoms with E-state index in [0.717, 1.165) is 11.3 Å². The fourth-order valence-electron chi connectivity index (χ4n) is 1.79. The number of nitrogens with zero attached hydrogens (tertiary/aromatic N) is 3. The Kier molecular flexibility index (Phi) is 3.04. The van der Waals surface area contributed by atoms with Crippen molar-refractivity contribution in [3.8, 4) is 0 Å². The van der Waals surface area contributed by atoms with Gasteiger partial charge in [-0.2, -0.15) is 5.10 Å². The Morgan fingerprint density at radius 1 is 1.50 bits per heavy atom. The summed E-state index contributed by atoms with van der Waals surface area (Å²) >= 11 is 0. The molecule has 0 bridgehead atoms. The Balaban J connectivity index is 1.73. The summed E-state index contributed by atoms with van der Waals surface area (Å²) < 4.78 is 6.73. The molecule has 20 heavy (non-hydrogen) atoms. The van der Waals surface area contributed by atoms with Gasteiger partial charge in [-0.15, -0.1) is 0 Å². The standard InChI is InChI=1S/C14H12N4O2/c1-10-7-13-15-8-11(9-18(13)17-10)16-14(19)5-4-12-3-2-6-20-12/h2-9H,1H3,(H,16,19)/b5-4+. The minimum Gasteiger partial charge on any atom is -0.465 e. The third kappa shape index (κ3) is 2.59. The van der Waals surface area contributed by atoms with Crippen LogP contribution in [0, 0.1) is 6.92 Å². The molecule has 0 aromatic carbocycles. The fraction of sp³-hybridized carbons (Fsp3) is 0.0714. The lowest BCUT2D eigenvalue weighted by atomic mass is 10.4. The predicted molar refractivity (Wildman–Crippen MR) is 74.1 cm³/mol. The molecule has 0 saturated heterocycles. The SMILES string of the molecule is Cc1cc2ncc(NC(=O)/C=C/c3ccco3)cn2n1. The maximum absolute atomic E-state index is 11.8. The summed E-state index contributed by atoms with van der Waals surface area (Å²) in [6.07, 6.45) is 7.86. The van der Waals surface area contributed by atoms with Gasteiger partial charge in [-0.05, 0) is 25.1 Å². The zero-order valence-electron chi connectivity index (χ0n) is 10.8. The summed E-state index contributed by atoms with van der Waals surface area (Å²) in [5, 5.41) is 6.95. The Morgan fingerprint density at radius 2 is 2.40 bits per heavy atom. The number of rotatable bonds is 3. The van der Waals surface area contributed by atoms with Crippen molar-refractivity contribution in [2.45, 2.75) is 6.92 Å². The first-order valence-corrected chi connectivity index (χ1v) is 6.05. The monoisotopic (exact) mass is 268 g/mol. The van der Waals surface area contributed by atoms with Gasteiger partial charge >= 0.3 is 0 Å². The van der Waals surface area contributed by atoms with Gasteiger partial charge in [-0.3, -0.25) is 4.79 Å². The molecule has 3 rings (SSSR count). The lowest BCUT2D eigenvalue weighted by Crippen LogP contribution is -2.09. The number of carbonyl (C=O) groups is 1. The minimum absolute atomic E-state index is 0.258. The van der Waals surface area contributed by atoms with Gasteiger partial charge in [0.25, 0.3) is 0 Å². The van der Waals surface area contributed by atoms with Crippen LogP contribution >= 0.6 is 0 Å².